The van der Waals surface area contributed by atoms with Crippen LogP contribution in [-0.4, -0.2) is 31.8 Å². The fourth-order valence-corrected chi connectivity index (χ4v) is 2.22. The second-order valence-corrected chi connectivity index (χ2v) is 4.68. The smallest absolute Gasteiger partial charge is 0.384 e. The van der Waals surface area contributed by atoms with Crippen LogP contribution in [0.25, 0.3) is 0 Å². The van der Waals surface area contributed by atoms with Gasteiger partial charge in [0, 0.05) is 24.7 Å². The van der Waals surface area contributed by atoms with Gasteiger partial charge in [-0.1, -0.05) is 18.2 Å². The number of fused-ring (bicyclic) bond motifs is 1. The third-order valence-electron chi connectivity index (χ3n) is 3.17. The molecule has 3 N–H and O–H groups in total. The Kier molecular flexibility index (Phi) is 4.36. The van der Waals surface area contributed by atoms with Gasteiger partial charge in [-0.25, -0.2) is 4.79 Å². The van der Waals surface area contributed by atoms with Crippen molar-refractivity contribution in [3.63, 3.8) is 0 Å². The summed E-state index contributed by atoms with van der Waals surface area (Å²) in [4.78, 5) is 11.2. The number of nitrogens with one attached hydrogen (secondary N) is 3. The van der Waals surface area contributed by atoms with Crippen LogP contribution in [0.1, 0.15) is 17.9 Å². The van der Waals surface area contributed by atoms with E-state index in [1.165, 1.54) is 5.56 Å². The van der Waals surface area contributed by atoms with Gasteiger partial charge in [-0.15, -0.1) is 0 Å². The van der Waals surface area contributed by atoms with Gasteiger partial charge < -0.3 is 16.0 Å². The van der Waals surface area contributed by atoms with E-state index in [0.717, 1.165) is 12.2 Å². The van der Waals surface area contributed by atoms with Gasteiger partial charge in [-0.3, -0.25) is 0 Å². The lowest BCUT2D eigenvalue weighted by molar-refractivity contribution is -0.122. The second-order valence-electron chi connectivity index (χ2n) is 4.68. The summed E-state index contributed by atoms with van der Waals surface area (Å²) in [5.74, 6) is 0.272. The number of rotatable bonds is 4. The summed E-state index contributed by atoms with van der Waals surface area (Å²) in [7, 11) is 0. The summed E-state index contributed by atoms with van der Waals surface area (Å²) in [6, 6.07) is 7.10. The fraction of sp³-hybridized carbons (Fsp3) is 0.462. The van der Waals surface area contributed by atoms with Crippen LogP contribution in [-0.2, 0) is 0 Å². The first kappa shape index (κ1) is 14.5. The van der Waals surface area contributed by atoms with Crippen molar-refractivity contribution in [2.75, 3.05) is 25.0 Å². The van der Waals surface area contributed by atoms with E-state index in [-0.39, 0.29) is 5.92 Å². The van der Waals surface area contributed by atoms with Gasteiger partial charge in [0.25, 0.3) is 0 Å². The van der Waals surface area contributed by atoms with E-state index in [0.29, 0.717) is 13.0 Å². The first-order valence-corrected chi connectivity index (χ1v) is 6.37. The highest BCUT2D eigenvalue weighted by atomic mass is 19.4. The summed E-state index contributed by atoms with van der Waals surface area (Å²) in [6.45, 7) is -0.192. The Morgan fingerprint density at radius 3 is 2.80 bits per heavy atom. The van der Waals surface area contributed by atoms with Crippen molar-refractivity contribution in [1.82, 2.24) is 10.6 Å². The van der Waals surface area contributed by atoms with Crippen LogP contribution in [0.2, 0.25) is 0 Å². The average Bonchev–Trinajstić information content (AvgIpc) is 2.79. The van der Waals surface area contributed by atoms with Crippen LogP contribution in [0.5, 0.6) is 0 Å². The molecule has 0 saturated carbocycles. The average molecular weight is 287 g/mol. The molecule has 2 amide bonds. The molecular formula is C13H16F3N3O. The van der Waals surface area contributed by atoms with Crippen molar-refractivity contribution in [3.8, 4) is 0 Å². The molecule has 0 radical (unpaired) electrons. The van der Waals surface area contributed by atoms with Gasteiger partial charge >= 0.3 is 12.2 Å². The molecule has 1 aliphatic heterocycles. The highest BCUT2D eigenvalue weighted by Gasteiger charge is 2.27. The van der Waals surface area contributed by atoms with Gasteiger partial charge in [0.15, 0.2) is 0 Å². The van der Waals surface area contributed by atoms with Gasteiger partial charge in [0.2, 0.25) is 0 Å². The molecule has 0 bridgehead atoms. The molecule has 110 valence electrons. The molecule has 0 saturated heterocycles. The van der Waals surface area contributed by atoms with E-state index in [1.54, 1.807) is 5.32 Å². The molecule has 4 nitrogen and oxygen atoms in total. The minimum Gasteiger partial charge on any atom is -0.384 e. The number of halogens is 3. The zero-order valence-corrected chi connectivity index (χ0v) is 10.8. The normalized spacial score (nSPS) is 17.2. The summed E-state index contributed by atoms with van der Waals surface area (Å²) in [6.07, 6.45) is -3.70. The maximum atomic E-state index is 11.9. The molecule has 1 atom stereocenters. The maximum absolute atomic E-state index is 11.9. The molecule has 2 rings (SSSR count). The second kappa shape index (κ2) is 6.02. The molecule has 1 aliphatic rings. The molecule has 1 aromatic rings. The minimum atomic E-state index is -4.38. The Balaban J connectivity index is 1.71. The van der Waals surface area contributed by atoms with E-state index in [4.69, 9.17) is 0 Å². The Hall–Kier alpha value is -1.92. The Labute approximate surface area is 114 Å². The molecule has 7 heteroatoms. The van der Waals surface area contributed by atoms with Crippen LogP contribution in [0.3, 0.4) is 0 Å². The molecule has 1 aromatic carbocycles. The monoisotopic (exact) mass is 287 g/mol. The summed E-state index contributed by atoms with van der Waals surface area (Å²) in [5, 5.41) is 7.47. The first-order valence-electron chi connectivity index (χ1n) is 6.37. The van der Waals surface area contributed by atoms with Gasteiger partial charge in [0.05, 0.1) is 0 Å². The number of carbonyl (C=O) groups excluding carboxylic acids is 1. The third kappa shape index (κ3) is 4.04. The molecule has 20 heavy (non-hydrogen) atoms. The third-order valence-corrected chi connectivity index (χ3v) is 3.17. The molecular weight excluding hydrogens is 271 g/mol. The lowest BCUT2D eigenvalue weighted by Gasteiger charge is -2.12. The van der Waals surface area contributed by atoms with Gasteiger partial charge in [0.1, 0.15) is 6.54 Å². The lowest BCUT2D eigenvalue weighted by atomic mass is 9.98. The van der Waals surface area contributed by atoms with Crippen molar-refractivity contribution in [1.29, 1.82) is 0 Å². The largest absolute Gasteiger partial charge is 0.405 e. The van der Waals surface area contributed by atoms with Crippen molar-refractivity contribution >= 4 is 11.7 Å². The number of carbonyl (C=O) groups is 1. The predicted octanol–water partition coefficient (Wildman–Crippen LogP) is 2.45. The van der Waals surface area contributed by atoms with E-state index >= 15 is 0 Å². The van der Waals surface area contributed by atoms with Crippen LogP contribution in [0, 0.1) is 0 Å². The molecule has 1 heterocycles. The number of alkyl halides is 3. The predicted molar refractivity (Wildman–Crippen MR) is 69.7 cm³/mol. The van der Waals surface area contributed by atoms with Crippen molar-refractivity contribution < 1.29 is 18.0 Å². The van der Waals surface area contributed by atoms with Gasteiger partial charge in [-0.05, 0) is 18.1 Å². The number of urea groups is 1. The molecule has 0 fully saturated rings. The maximum Gasteiger partial charge on any atom is 0.405 e. The molecule has 1 unspecified atom stereocenters. The van der Waals surface area contributed by atoms with E-state index in [9.17, 15) is 18.0 Å². The number of anilines is 1. The Bertz CT molecular complexity index is 476. The number of benzene rings is 1. The van der Waals surface area contributed by atoms with Crippen LogP contribution in [0.15, 0.2) is 24.3 Å². The first-order chi connectivity index (χ1) is 9.46. The van der Waals surface area contributed by atoms with Crippen molar-refractivity contribution in [2.24, 2.45) is 0 Å². The Morgan fingerprint density at radius 1 is 1.30 bits per heavy atom. The summed E-state index contributed by atoms with van der Waals surface area (Å²) < 4.78 is 35.7. The number of hydrogen-bond acceptors (Lipinski definition) is 2. The Morgan fingerprint density at radius 2 is 2.05 bits per heavy atom. The summed E-state index contributed by atoms with van der Waals surface area (Å²) >= 11 is 0. The number of para-hydroxylation sites is 1. The SMILES string of the molecule is O=C(NCCC1CNc2ccccc21)NCC(F)(F)F. The van der Waals surface area contributed by atoms with Crippen LogP contribution < -0.4 is 16.0 Å². The standard InChI is InChI=1S/C13H16F3N3O/c14-13(15,16)8-19-12(20)17-6-5-9-7-18-11-4-2-1-3-10(9)11/h1-4,9,18H,5-8H2,(H2,17,19,20). The summed E-state index contributed by atoms with van der Waals surface area (Å²) in [5.41, 5.74) is 2.27. The van der Waals surface area contributed by atoms with Crippen molar-refractivity contribution in [2.45, 2.75) is 18.5 Å². The zero-order valence-electron chi connectivity index (χ0n) is 10.8. The van der Waals surface area contributed by atoms with Crippen LogP contribution >= 0.6 is 0 Å². The quantitative estimate of drug-likeness (QED) is 0.796. The highest BCUT2D eigenvalue weighted by molar-refractivity contribution is 5.73. The lowest BCUT2D eigenvalue weighted by Crippen LogP contribution is -2.41. The number of amides is 2. The zero-order chi connectivity index (χ0) is 14.6. The molecule has 0 aliphatic carbocycles. The minimum absolute atomic E-state index is 0.272. The van der Waals surface area contributed by atoms with Gasteiger partial charge in [-0.2, -0.15) is 13.2 Å². The molecule has 0 aromatic heterocycles. The molecule has 0 spiro atoms. The van der Waals surface area contributed by atoms with E-state index in [2.05, 4.69) is 10.6 Å². The van der Waals surface area contributed by atoms with E-state index < -0.39 is 18.8 Å². The number of hydrogen-bond donors (Lipinski definition) is 3. The fourth-order valence-electron chi connectivity index (χ4n) is 2.22. The topological polar surface area (TPSA) is 53.2 Å². The highest BCUT2D eigenvalue weighted by Crippen LogP contribution is 2.32. The van der Waals surface area contributed by atoms with E-state index in [1.807, 2.05) is 24.3 Å². The van der Waals surface area contributed by atoms with Crippen LogP contribution in [0.4, 0.5) is 23.7 Å². The van der Waals surface area contributed by atoms with Crippen molar-refractivity contribution in [3.05, 3.63) is 29.8 Å².